The van der Waals surface area contributed by atoms with Crippen LogP contribution in [0.2, 0.25) is 0 Å². The number of halogens is 2. The number of alkyl halides is 2. The van der Waals surface area contributed by atoms with Crippen molar-refractivity contribution >= 4 is 0 Å². The summed E-state index contributed by atoms with van der Waals surface area (Å²) in [6.07, 6.45) is 0.280. The van der Waals surface area contributed by atoms with E-state index in [9.17, 15) is 8.78 Å². The van der Waals surface area contributed by atoms with Crippen LogP contribution in [0.4, 0.5) is 8.78 Å². The van der Waals surface area contributed by atoms with Gasteiger partial charge < -0.3 is 0 Å². The molecule has 2 heterocycles. The molecule has 0 aliphatic rings. The molecule has 5 nitrogen and oxygen atoms in total. The minimum atomic E-state index is -2.52. The van der Waals surface area contributed by atoms with Crippen molar-refractivity contribution in [2.45, 2.75) is 13.0 Å². The molecule has 2 aromatic heterocycles. The van der Waals surface area contributed by atoms with Crippen LogP contribution in [0.3, 0.4) is 0 Å². The Bertz CT molecular complexity index is 394. The molecule has 0 radical (unpaired) electrons. The third-order valence-corrected chi connectivity index (χ3v) is 1.75. The number of rotatable bonds is 3. The van der Waals surface area contributed by atoms with Gasteiger partial charge in [-0.05, 0) is 6.07 Å². The van der Waals surface area contributed by atoms with E-state index in [1.807, 2.05) is 0 Å². The number of hydrogen-bond donors (Lipinski definition) is 1. The second kappa shape index (κ2) is 3.52. The minimum absolute atomic E-state index is 0.118. The lowest BCUT2D eigenvalue weighted by Gasteiger charge is -2.03. The first kappa shape index (κ1) is 8.79. The Morgan fingerprint density at radius 3 is 3.00 bits per heavy atom. The van der Waals surface area contributed by atoms with Crippen molar-refractivity contribution in [3.8, 4) is 0 Å². The molecule has 14 heavy (non-hydrogen) atoms. The summed E-state index contributed by atoms with van der Waals surface area (Å²) >= 11 is 0. The Balaban J connectivity index is 2.21. The molecule has 0 aliphatic carbocycles. The summed E-state index contributed by atoms with van der Waals surface area (Å²) < 4.78 is 26.0. The number of nitrogens with one attached hydrogen (secondary N) is 1. The Kier molecular flexibility index (Phi) is 2.21. The molecule has 0 aliphatic heterocycles. The van der Waals surface area contributed by atoms with Gasteiger partial charge in [0.15, 0.2) is 0 Å². The lowest BCUT2D eigenvalue weighted by molar-refractivity contribution is 0.139. The van der Waals surface area contributed by atoms with Gasteiger partial charge in [0, 0.05) is 6.20 Å². The molecule has 1 N–H and O–H groups in total. The zero-order valence-electron chi connectivity index (χ0n) is 7.06. The summed E-state index contributed by atoms with van der Waals surface area (Å²) in [6.45, 7) is 0.198. The van der Waals surface area contributed by atoms with Crippen LogP contribution in [0.25, 0.3) is 0 Å². The lowest BCUT2D eigenvalue weighted by atomic mass is 10.4. The van der Waals surface area contributed by atoms with Crippen LogP contribution < -0.4 is 0 Å². The van der Waals surface area contributed by atoms with E-state index in [1.165, 1.54) is 23.1 Å². The van der Waals surface area contributed by atoms with Gasteiger partial charge in [-0.2, -0.15) is 20.5 Å². The predicted octanol–water partition coefficient (Wildman–Crippen LogP) is 0.987. The van der Waals surface area contributed by atoms with Crippen molar-refractivity contribution in [3.05, 3.63) is 29.8 Å². The molecule has 7 heteroatoms. The first-order chi connectivity index (χ1) is 6.77. The van der Waals surface area contributed by atoms with E-state index in [-0.39, 0.29) is 12.2 Å². The van der Waals surface area contributed by atoms with E-state index < -0.39 is 6.43 Å². The Morgan fingerprint density at radius 1 is 1.50 bits per heavy atom. The van der Waals surface area contributed by atoms with E-state index in [2.05, 4.69) is 20.5 Å². The van der Waals surface area contributed by atoms with Crippen molar-refractivity contribution in [2.24, 2.45) is 0 Å². The predicted molar refractivity (Wildman–Crippen MR) is 42.7 cm³/mol. The average molecular weight is 199 g/mol. The zero-order valence-corrected chi connectivity index (χ0v) is 7.06. The second-order valence-corrected chi connectivity index (χ2v) is 2.68. The molecule has 2 aromatic rings. The maximum Gasteiger partial charge on any atom is 0.280 e. The largest absolute Gasteiger partial charge is 0.280 e. The third-order valence-electron chi connectivity index (χ3n) is 1.75. The van der Waals surface area contributed by atoms with Gasteiger partial charge in [0.25, 0.3) is 6.43 Å². The molecule has 0 atom stereocenters. The third kappa shape index (κ3) is 1.61. The van der Waals surface area contributed by atoms with Gasteiger partial charge in [0.1, 0.15) is 11.4 Å². The second-order valence-electron chi connectivity index (χ2n) is 2.68. The van der Waals surface area contributed by atoms with Crippen LogP contribution in [-0.4, -0.2) is 25.2 Å². The number of hydrogen-bond acceptors (Lipinski definition) is 3. The van der Waals surface area contributed by atoms with Crippen LogP contribution in [0.1, 0.15) is 17.8 Å². The first-order valence-electron chi connectivity index (χ1n) is 3.92. The van der Waals surface area contributed by atoms with Gasteiger partial charge in [0.2, 0.25) is 0 Å². The summed E-state index contributed by atoms with van der Waals surface area (Å²) in [7, 11) is 0. The molecule has 0 bridgehead atoms. The molecular formula is C7H7F2N5. The van der Waals surface area contributed by atoms with E-state index in [0.717, 1.165) is 0 Å². The van der Waals surface area contributed by atoms with E-state index in [4.69, 9.17) is 0 Å². The quantitative estimate of drug-likeness (QED) is 0.801. The fourth-order valence-corrected chi connectivity index (χ4v) is 1.12. The number of aromatic amines is 1. The van der Waals surface area contributed by atoms with Crippen LogP contribution in [0, 0.1) is 0 Å². The highest BCUT2D eigenvalue weighted by Gasteiger charge is 2.13. The summed E-state index contributed by atoms with van der Waals surface area (Å²) in [4.78, 5) is 0. The molecule has 0 unspecified atom stereocenters. The summed E-state index contributed by atoms with van der Waals surface area (Å²) in [6, 6.07) is 1.28. The molecule has 0 fully saturated rings. The van der Waals surface area contributed by atoms with Crippen LogP contribution in [0.15, 0.2) is 18.5 Å². The summed E-state index contributed by atoms with van der Waals surface area (Å²) in [5, 5.41) is 13.5. The number of H-pyrrole nitrogens is 1. The van der Waals surface area contributed by atoms with Gasteiger partial charge in [-0.1, -0.05) is 0 Å². The molecule has 0 saturated carbocycles. The van der Waals surface area contributed by atoms with Gasteiger partial charge >= 0.3 is 0 Å². The maximum atomic E-state index is 12.4. The Morgan fingerprint density at radius 2 is 2.36 bits per heavy atom. The monoisotopic (exact) mass is 199 g/mol. The van der Waals surface area contributed by atoms with Gasteiger partial charge in [-0.15, -0.1) is 0 Å². The topological polar surface area (TPSA) is 59.4 Å². The average Bonchev–Trinajstić information content (AvgIpc) is 2.75. The fourth-order valence-electron chi connectivity index (χ4n) is 1.12. The lowest BCUT2D eigenvalue weighted by Crippen LogP contribution is -2.06. The zero-order chi connectivity index (χ0) is 9.97. The van der Waals surface area contributed by atoms with Crippen molar-refractivity contribution in [3.63, 3.8) is 0 Å². The van der Waals surface area contributed by atoms with Crippen LogP contribution in [-0.2, 0) is 6.54 Å². The fraction of sp³-hybridized carbons (Fsp3) is 0.286. The van der Waals surface area contributed by atoms with Crippen molar-refractivity contribution in [2.75, 3.05) is 0 Å². The van der Waals surface area contributed by atoms with E-state index in [0.29, 0.717) is 5.69 Å². The SMILES string of the molecule is FC(F)c1ccnn1Cc1cn[nH]n1. The van der Waals surface area contributed by atoms with Gasteiger partial charge in [-0.25, -0.2) is 8.78 Å². The van der Waals surface area contributed by atoms with Gasteiger partial charge in [0.05, 0.1) is 12.7 Å². The first-order valence-corrected chi connectivity index (χ1v) is 3.92. The van der Waals surface area contributed by atoms with Crippen molar-refractivity contribution < 1.29 is 8.78 Å². The molecule has 74 valence electrons. The molecule has 0 spiro atoms. The van der Waals surface area contributed by atoms with Crippen molar-refractivity contribution in [1.82, 2.24) is 25.2 Å². The molecule has 0 aromatic carbocycles. The highest BCUT2D eigenvalue weighted by Crippen LogP contribution is 2.18. The molecular weight excluding hydrogens is 192 g/mol. The van der Waals surface area contributed by atoms with E-state index in [1.54, 1.807) is 0 Å². The molecule has 2 rings (SSSR count). The maximum absolute atomic E-state index is 12.4. The normalized spacial score (nSPS) is 11.1. The number of aromatic nitrogens is 5. The Labute approximate surface area is 77.7 Å². The van der Waals surface area contributed by atoms with Crippen molar-refractivity contribution in [1.29, 1.82) is 0 Å². The Hall–Kier alpha value is -1.79. The smallest absolute Gasteiger partial charge is 0.258 e. The van der Waals surface area contributed by atoms with Gasteiger partial charge in [-0.3, -0.25) is 4.68 Å². The summed E-state index contributed by atoms with van der Waals surface area (Å²) in [5.74, 6) is 0. The van der Waals surface area contributed by atoms with E-state index >= 15 is 0 Å². The minimum Gasteiger partial charge on any atom is -0.258 e. The number of nitrogens with zero attached hydrogens (tertiary/aromatic N) is 4. The molecule has 0 amide bonds. The highest BCUT2D eigenvalue weighted by molar-refractivity contribution is 5.04. The summed E-state index contributed by atoms with van der Waals surface area (Å²) in [5.41, 5.74) is 0.448. The molecule has 0 saturated heterocycles. The van der Waals surface area contributed by atoms with Crippen LogP contribution in [0.5, 0.6) is 0 Å². The highest BCUT2D eigenvalue weighted by atomic mass is 19.3. The van der Waals surface area contributed by atoms with Crippen LogP contribution >= 0.6 is 0 Å². The standard InChI is InChI=1S/C7H7F2N5/c8-7(9)6-1-2-11-14(6)4-5-3-10-13-12-5/h1-3,7H,4H2,(H,10,12,13).